The van der Waals surface area contributed by atoms with Crippen molar-refractivity contribution >= 4 is 17.5 Å². The molecule has 0 aliphatic rings. The van der Waals surface area contributed by atoms with Crippen molar-refractivity contribution in [1.82, 2.24) is 10.2 Å². The van der Waals surface area contributed by atoms with Crippen LogP contribution in [-0.2, 0) is 0 Å². The Labute approximate surface area is 195 Å². The van der Waals surface area contributed by atoms with Crippen LogP contribution >= 0.6 is 0 Å². The largest absolute Gasteiger partial charge is 0.411 e. The van der Waals surface area contributed by atoms with E-state index in [0.29, 0.717) is 17.2 Å². The van der Waals surface area contributed by atoms with Gasteiger partial charge in [-0.15, -0.1) is 10.2 Å². The molecule has 0 bridgehead atoms. The second kappa shape index (κ2) is 9.30. The SMILES string of the molecule is O=[N+]([O-])c1ccc(-c2nnc(C(=Cc3ccc(-c4ccccc4)cc3)[n+]3ccccc3)o2)cc1. The Morgan fingerprint density at radius 1 is 0.765 bits per heavy atom. The highest BCUT2D eigenvalue weighted by Gasteiger charge is 2.21. The lowest BCUT2D eigenvalue weighted by molar-refractivity contribution is -0.579. The quantitative estimate of drug-likeness (QED) is 0.191. The molecule has 0 amide bonds. The number of nitrogens with zero attached hydrogens (tertiary/aromatic N) is 4. The Kier molecular flexibility index (Phi) is 5.73. The maximum absolute atomic E-state index is 10.9. The molecule has 0 aliphatic heterocycles. The van der Waals surface area contributed by atoms with Crippen LogP contribution in [0.25, 0.3) is 34.4 Å². The monoisotopic (exact) mass is 447 g/mol. The van der Waals surface area contributed by atoms with Crippen LogP contribution in [0, 0.1) is 10.1 Å². The van der Waals surface area contributed by atoms with E-state index >= 15 is 0 Å². The molecule has 5 aromatic rings. The molecule has 0 radical (unpaired) electrons. The molecular formula is C27H19N4O3+. The van der Waals surface area contributed by atoms with E-state index in [1.54, 1.807) is 12.1 Å². The minimum atomic E-state index is -0.445. The third kappa shape index (κ3) is 4.49. The lowest BCUT2D eigenvalue weighted by Gasteiger charge is -2.02. The fraction of sp³-hybridized carbons (Fsp3) is 0. The van der Waals surface area contributed by atoms with E-state index in [4.69, 9.17) is 4.42 Å². The number of nitro benzene ring substituents is 1. The molecule has 164 valence electrons. The van der Waals surface area contributed by atoms with Crippen molar-refractivity contribution in [1.29, 1.82) is 0 Å². The number of rotatable bonds is 6. The molecule has 5 rings (SSSR count). The molecule has 0 unspecified atom stereocenters. The normalized spacial score (nSPS) is 11.4. The molecule has 0 atom stereocenters. The van der Waals surface area contributed by atoms with Gasteiger partial charge in [0.05, 0.1) is 4.92 Å². The van der Waals surface area contributed by atoms with Crippen LogP contribution < -0.4 is 4.57 Å². The number of non-ortho nitro benzene ring substituents is 1. The van der Waals surface area contributed by atoms with Gasteiger partial charge in [-0.1, -0.05) is 60.7 Å². The van der Waals surface area contributed by atoms with Gasteiger partial charge in [0.25, 0.3) is 11.4 Å². The Hall–Kier alpha value is -4.91. The number of aromatic nitrogens is 3. The molecule has 34 heavy (non-hydrogen) atoms. The molecule has 0 saturated heterocycles. The molecule has 0 fully saturated rings. The Morgan fingerprint density at radius 2 is 1.38 bits per heavy atom. The van der Waals surface area contributed by atoms with Gasteiger partial charge in [0.2, 0.25) is 5.89 Å². The van der Waals surface area contributed by atoms with Crippen molar-refractivity contribution in [2.75, 3.05) is 0 Å². The van der Waals surface area contributed by atoms with Gasteiger partial charge in [-0.2, -0.15) is 4.57 Å². The predicted molar refractivity (Wildman–Crippen MR) is 128 cm³/mol. The molecule has 0 saturated carbocycles. The van der Waals surface area contributed by atoms with E-state index in [1.807, 2.05) is 71.6 Å². The number of hydrogen-bond acceptors (Lipinski definition) is 5. The zero-order chi connectivity index (χ0) is 23.3. The molecular weight excluding hydrogens is 428 g/mol. The highest BCUT2D eigenvalue weighted by Crippen LogP contribution is 2.25. The van der Waals surface area contributed by atoms with Gasteiger partial charge in [0.15, 0.2) is 12.4 Å². The summed E-state index contributed by atoms with van der Waals surface area (Å²) in [4.78, 5) is 10.5. The molecule has 2 heterocycles. The second-order valence-corrected chi connectivity index (χ2v) is 7.52. The van der Waals surface area contributed by atoms with Crippen molar-refractivity contribution in [2.24, 2.45) is 0 Å². The molecule has 0 N–H and O–H groups in total. The zero-order valence-electron chi connectivity index (χ0n) is 18.0. The van der Waals surface area contributed by atoms with Gasteiger partial charge < -0.3 is 4.42 Å². The Bertz CT molecular complexity index is 1440. The molecule has 2 aromatic heterocycles. The van der Waals surface area contributed by atoms with Gasteiger partial charge in [0.1, 0.15) is 0 Å². The van der Waals surface area contributed by atoms with Gasteiger partial charge in [0, 0.05) is 35.9 Å². The maximum atomic E-state index is 10.9. The number of benzene rings is 3. The average molecular weight is 447 g/mol. The minimum absolute atomic E-state index is 0.00265. The standard InChI is InChI=1S/C27H19N4O3/c32-31(33)24-15-13-23(14-16-24)26-28-29-27(34-26)25(30-17-5-2-6-18-30)19-20-9-11-22(12-10-20)21-7-3-1-4-8-21/h1-19H/q+1. The van der Waals surface area contributed by atoms with E-state index in [2.05, 4.69) is 34.5 Å². The molecule has 7 nitrogen and oxygen atoms in total. The summed E-state index contributed by atoms with van der Waals surface area (Å²) >= 11 is 0. The van der Waals surface area contributed by atoms with Crippen molar-refractivity contribution in [2.45, 2.75) is 0 Å². The van der Waals surface area contributed by atoms with Crippen molar-refractivity contribution in [3.05, 3.63) is 131 Å². The fourth-order valence-electron chi connectivity index (χ4n) is 3.54. The summed E-state index contributed by atoms with van der Waals surface area (Å²) in [6, 6.07) is 30.2. The maximum Gasteiger partial charge on any atom is 0.314 e. The topological polar surface area (TPSA) is 85.9 Å². The Morgan fingerprint density at radius 3 is 2.06 bits per heavy atom. The summed E-state index contributed by atoms with van der Waals surface area (Å²) < 4.78 is 7.87. The highest BCUT2D eigenvalue weighted by molar-refractivity contribution is 5.74. The van der Waals surface area contributed by atoms with Gasteiger partial charge in [-0.3, -0.25) is 10.1 Å². The summed E-state index contributed by atoms with van der Waals surface area (Å²) in [5, 5.41) is 19.3. The van der Waals surface area contributed by atoms with Crippen molar-refractivity contribution < 1.29 is 13.9 Å². The number of pyridine rings is 1. The third-order valence-corrected chi connectivity index (χ3v) is 5.28. The molecule has 0 aliphatic carbocycles. The first kappa shape index (κ1) is 21.0. The summed E-state index contributed by atoms with van der Waals surface area (Å²) in [6.45, 7) is 0. The van der Waals surface area contributed by atoms with Gasteiger partial charge in [-0.25, -0.2) is 0 Å². The van der Waals surface area contributed by atoms with Crippen LogP contribution in [0.4, 0.5) is 5.69 Å². The van der Waals surface area contributed by atoms with E-state index in [9.17, 15) is 10.1 Å². The predicted octanol–water partition coefficient (Wildman–Crippen LogP) is 5.65. The lowest BCUT2D eigenvalue weighted by atomic mass is 10.0. The smallest absolute Gasteiger partial charge is 0.314 e. The minimum Gasteiger partial charge on any atom is -0.411 e. The van der Waals surface area contributed by atoms with Gasteiger partial charge in [-0.05, 0) is 28.8 Å². The Balaban J connectivity index is 1.50. The van der Waals surface area contributed by atoms with Crippen LogP contribution in [0.1, 0.15) is 11.5 Å². The number of nitro groups is 1. The van der Waals surface area contributed by atoms with Crippen molar-refractivity contribution in [3.8, 4) is 22.6 Å². The average Bonchev–Trinajstić information content (AvgIpc) is 3.39. The van der Waals surface area contributed by atoms with Crippen LogP contribution in [0.5, 0.6) is 0 Å². The molecule has 3 aromatic carbocycles. The van der Waals surface area contributed by atoms with Crippen LogP contribution in [0.15, 0.2) is 114 Å². The van der Waals surface area contributed by atoms with E-state index < -0.39 is 4.92 Å². The van der Waals surface area contributed by atoms with E-state index in [-0.39, 0.29) is 11.6 Å². The summed E-state index contributed by atoms with van der Waals surface area (Å²) in [6.07, 6.45) is 5.78. The first-order chi connectivity index (χ1) is 16.7. The van der Waals surface area contributed by atoms with Crippen LogP contribution in [0.2, 0.25) is 0 Å². The van der Waals surface area contributed by atoms with Gasteiger partial charge >= 0.3 is 5.89 Å². The molecule has 0 spiro atoms. The van der Waals surface area contributed by atoms with Crippen LogP contribution in [-0.4, -0.2) is 15.1 Å². The van der Waals surface area contributed by atoms with Crippen molar-refractivity contribution in [3.63, 3.8) is 0 Å². The highest BCUT2D eigenvalue weighted by atomic mass is 16.6. The summed E-state index contributed by atoms with van der Waals surface area (Å²) in [5.74, 6) is 0.614. The molecule has 7 heteroatoms. The summed E-state index contributed by atoms with van der Waals surface area (Å²) in [5.41, 5.74) is 4.57. The number of hydrogen-bond donors (Lipinski definition) is 0. The fourth-order valence-corrected chi connectivity index (χ4v) is 3.54. The summed E-state index contributed by atoms with van der Waals surface area (Å²) in [7, 11) is 0. The van der Waals surface area contributed by atoms with Crippen LogP contribution in [0.3, 0.4) is 0 Å². The second-order valence-electron chi connectivity index (χ2n) is 7.52. The first-order valence-corrected chi connectivity index (χ1v) is 10.6. The lowest BCUT2D eigenvalue weighted by Crippen LogP contribution is -2.31. The van der Waals surface area contributed by atoms with E-state index in [0.717, 1.165) is 16.7 Å². The van der Waals surface area contributed by atoms with E-state index in [1.165, 1.54) is 12.1 Å². The zero-order valence-corrected chi connectivity index (χ0v) is 18.0. The third-order valence-electron chi connectivity index (χ3n) is 5.28. The first-order valence-electron chi connectivity index (χ1n) is 10.6.